The molecule has 0 bridgehead atoms. The average Bonchev–Trinajstić information content (AvgIpc) is 3.00. The first-order valence-corrected chi connectivity index (χ1v) is 13.8. The van der Waals surface area contributed by atoms with E-state index in [-0.39, 0.29) is 36.4 Å². The van der Waals surface area contributed by atoms with Gasteiger partial charge in [-0.05, 0) is 54.8 Å². The van der Waals surface area contributed by atoms with Crippen molar-refractivity contribution in [2.24, 2.45) is 0 Å². The van der Waals surface area contributed by atoms with Crippen LogP contribution >= 0.6 is 0 Å². The molecule has 1 atom stereocenters. The fourth-order valence-electron chi connectivity index (χ4n) is 5.02. The lowest BCUT2D eigenvalue weighted by Crippen LogP contribution is -2.45. The molecular formula is C31H27N8O5. The predicted molar refractivity (Wildman–Crippen MR) is 162 cm³/mol. The smallest absolute Gasteiger partial charge is 0.280 e. The number of benzene rings is 3. The van der Waals surface area contributed by atoms with Crippen LogP contribution in [0.15, 0.2) is 71.5 Å². The third-order valence-corrected chi connectivity index (χ3v) is 7.26. The monoisotopic (exact) mass is 591 g/mol. The van der Waals surface area contributed by atoms with Gasteiger partial charge < -0.3 is 20.9 Å². The standard InChI is InChI=1S/C31H27N8O5/c1-17-9-10-18(13-14-44-26-16-23(35-37-29(26)32)19-5-2-3-8-25(19)40)22(15-17)33-20-6-4-7-21-28(20)31(43)39(38-36-21)24-11-12-27(41)34-30(24)42/h2-10,15-16,24,33,40H,1,11-14H2,(H2,32,37)(H,34,41,42). The molecule has 1 saturated heterocycles. The van der Waals surface area contributed by atoms with E-state index in [1.54, 1.807) is 48.5 Å². The molecule has 221 valence electrons. The highest BCUT2D eigenvalue weighted by molar-refractivity contribution is 5.99. The summed E-state index contributed by atoms with van der Waals surface area (Å²) in [5, 5.41) is 32.3. The van der Waals surface area contributed by atoms with Gasteiger partial charge in [0.25, 0.3) is 11.5 Å². The van der Waals surface area contributed by atoms with Gasteiger partial charge >= 0.3 is 0 Å². The normalized spacial score (nSPS) is 14.8. The summed E-state index contributed by atoms with van der Waals surface area (Å²) < 4.78 is 7.01. The Morgan fingerprint density at radius 3 is 2.68 bits per heavy atom. The van der Waals surface area contributed by atoms with Gasteiger partial charge in [-0.2, -0.15) is 4.68 Å². The van der Waals surface area contributed by atoms with Crippen LogP contribution in [0.5, 0.6) is 11.5 Å². The number of piperidine rings is 1. The summed E-state index contributed by atoms with van der Waals surface area (Å²) in [6, 6.07) is 18.2. The Kier molecular flexibility index (Phi) is 7.58. The zero-order valence-corrected chi connectivity index (χ0v) is 23.4. The molecule has 1 aliphatic rings. The van der Waals surface area contributed by atoms with Gasteiger partial charge in [0, 0.05) is 30.2 Å². The van der Waals surface area contributed by atoms with E-state index in [0.29, 0.717) is 40.3 Å². The van der Waals surface area contributed by atoms with Crippen LogP contribution in [-0.4, -0.2) is 48.7 Å². The van der Waals surface area contributed by atoms with Crippen molar-refractivity contribution in [3.05, 3.63) is 95.1 Å². The summed E-state index contributed by atoms with van der Waals surface area (Å²) in [4.78, 5) is 37.7. The predicted octanol–water partition coefficient (Wildman–Crippen LogP) is 3.06. The number of ether oxygens (including phenoxy) is 1. The van der Waals surface area contributed by atoms with Crippen LogP contribution in [0.1, 0.15) is 30.0 Å². The number of phenolic OH excluding ortho intramolecular Hbond substituents is 1. The molecule has 0 spiro atoms. The molecule has 13 nitrogen and oxygen atoms in total. The number of aromatic nitrogens is 5. The number of hydrogen-bond donors (Lipinski definition) is 4. The molecule has 3 heterocycles. The van der Waals surface area contributed by atoms with Crippen molar-refractivity contribution < 1.29 is 19.4 Å². The Morgan fingerprint density at radius 2 is 1.86 bits per heavy atom. The van der Waals surface area contributed by atoms with Crippen molar-refractivity contribution in [1.29, 1.82) is 0 Å². The minimum Gasteiger partial charge on any atom is -0.507 e. The lowest BCUT2D eigenvalue weighted by Gasteiger charge is -2.21. The van der Waals surface area contributed by atoms with Crippen molar-refractivity contribution in [1.82, 2.24) is 30.5 Å². The van der Waals surface area contributed by atoms with Crippen LogP contribution in [0.25, 0.3) is 22.2 Å². The lowest BCUT2D eigenvalue weighted by atomic mass is 10.1. The van der Waals surface area contributed by atoms with Gasteiger partial charge in [-0.25, -0.2) is 0 Å². The molecule has 5 aromatic rings. The van der Waals surface area contributed by atoms with Crippen LogP contribution in [-0.2, 0) is 16.0 Å². The Hall–Kier alpha value is -5.85. The number of phenols is 1. The minimum absolute atomic E-state index is 0.0600. The van der Waals surface area contributed by atoms with Crippen molar-refractivity contribution >= 4 is 39.9 Å². The Balaban J connectivity index is 1.26. The molecule has 1 unspecified atom stereocenters. The van der Waals surface area contributed by atoms with Crippen LogP contribution < -0.4 is 26.7 Å². The highest BCUT2D eigenvalue weighted by Gasteiger charge is 2.30. The molecule has 3 aromatic carbocycles. The maximum atomic E-state index is 13.6. The summed E-state index contributed by atoms with van der Waals surface area (Å²) in [5.74, 6) is -0.487. The largest absolute Gasteiger partial charge is 0.507 e. The van der Waals surface area contributed by atoms with E-state index in [4.69, 9.17) is 10.5 Å². The highest BCUT2D eigenvalue weighted by Crippen LogP contribution is 2.31. The van der Waals surface area contributed by atoms with Crippen molar-refractivity contribution in [2.75, 3.05) is 17.7 Å². The molecular weight excluding hydrogens is 564 g/mol. The van der Waals surface area contributed by atoms with E-state index < -0.39 is 23.4 Å². The fraction of sp³-hybridized carbons (Fsp3) is 0.161. The molecule has 0 aliphatic carbocycles. The number of imide groups is 1. The van der Waals surface area contributed by atoms with Gasteiger partial charge in [-0.1, -0.05) is 35.5 Å². The summed E-state index contributed by atoms with van der Waals surface area (Å²) in [7, 11) is 0. The van der Waals surface area contributed by atoms with Crippen molar-refractivity contribution in [3.8, 4) is 22.8 Å². The SMILES string of the molecule is [CH2]c1ccc(CCOc2cc(-c3ccccc3O)nnc2N)c(Nc2cccc3nnn(C4CCC(=O)NC4=O)c(=O)c23)c1. The first-order chi connectivity index (χ1) is 21.3. The molecule has 13 heteroatoms. The third kappa shape index (κ3) is 5.62. The van der Waals surface area contributed by atoms with Crippen molar-refractivity contribution in [2.45, 2.75) is 25.3 Å². The van der Waals surface area contributed by atoms with Gasteiger partial charge in [0.05, 0.1) is 17.7 Å². The number of fused-ring (bicyclic) bond motifs is 1. The zero-order valence-electron chi connectivity index (χ0n) is 23.4. The van der Waals surface area contributed by atoms with Gasteiger partial charge in [0.15, 0.2) is 11.6 Å². The second-order valence-electron chi connectivity index (χ2n) is 10.2. The maximum Gasteiger partial charge on any atom is 0.280 e. The van der Waals surface area contributed by atoms with Gasteiger partial charge in [0.1, 0.15) is 23.0 Å². The average molecular weight is 592 g/mol. The van der Waals surface area contributed by atoms with E-state index in [1.165, 1.54) is 0 Å². The highest BCUT2D eigenvalue weighted by atomic mass is 16.5. The number of para-hydroxylation sites is 1. The molecule has 2 amide bonds. The maximum absolute atomic E-state index is 13.6. The Labute approximate surface area is 250 Å². The van der Waals surface area contributed by atoms with Gasteiger partial charge in [-0.15, -0.1) is 15.3 Å². The molecule has 1 radical (unpaired) electrons. The van der Waals surface area contributed by atoms with E-state index in [1.807, 2.05) is 18.2 Å². The molecule has 1 fully saturated rings. The molecule has 6 rings (SSSR count). The number of rotatable bonds is 8. The fourth-order valence-corrected chi connectivity index (χ4v) is 5.02. The van der Waals surface area contributed by atoms with Crippen molar-refractivity contribution in [3.63, 3.8) is 0 Å². The molecule has 1 aliphatic heterocycles. The minimum atomic E-state index is -0.942. The number of nitrogens with two attached hydrogens (primary N) is 1. The van der Waals surface area contributed by atoms with Crippen LogP contribution in [0, 0.1) is 6.92 Å². The first-order valence-electron chi connectivity index (χ1n) is 13.8. The molecule has 2 aromatic heterocycles. The Bertz CT molecular complexity index is 1980. The number of carbonyl (C=O) groups is 2. The summed E-state index contributed by atoms with van der Waals surface area (Å²) in [6.45, 7) is 4.26. The second kappa shape index (κ2) is 11.8. The molecule has 5 N–H and O–H groups in total. The van der Waals surface area contributed by atoms with E-state index in [0.717, 1.165) is 15.8 Å². The first kappa shape index (κ1) is 28.3. The molecule has 44 heavy (non-hydrogen) atoms. The van der Waals surface area contributed by atoms with Crippen LogP contribution in [0.2, 0.25) is 0 Å². The van der Waals surface area contributed by atoms with Gasteiger partial charge in [-0.3, -0.25) is 19.7 Å². The zero-order chi connectivity index (χ0) is 30.8. The van der Waals surface area contributed by atoms with Crippen LogP contribution in [0.3, 0.4) is 0 Å². The topological polar surface area (TPSA) is 187 Å². The number of nitrogens with zero attached hydrogens (tertiary/aromatic N) is 5. The number of amides is 2. The lowest BCUT2D eigenvalue weighted by molar-refractivity contribution is -0.136. The second-order valence-corrected chi connectivity index (χ2v) is 10.2. The molecule has 0 saturated carbocycles. The summed E-state index contributed by atoms with van der Waals surface area (Å²) >= 11 is 0. The van der Waals surface area contributed by atoms with E-state index in [9.17, 15) is 19.5 Å². The number of aromatic hydroxyl groups is 1. The third-order valence-electron chi connectivity index (χ3n) is 7.26. The number of hydrogen-bond acceptors (Lipinski definition) is 11. The number of nitrogens with one attached hydrogen (secondary N) is 2. The number of nitrogen functional groups attached to an aromatic ring is 1. The summed E-state index contributed by atoms with van der Waals surface area (Å²) in [5.41, 5.74) is 9.53. The number of carbonyl (C=O) groups excluding carboxylic acids is 2. The summed E-state index contributed by atoms with van der Waals surface area (Å²) in [6.07, 6.45) is 0.697. The quantitative estimate of drug-likeness (QED) is 0.194. The van der Waals surface area contributed by atoms with Gasteiger partial charge in [0.2, 0.25) is 5.91 Å². The van der Waals surface area contributed by atoms with E-state index in [2.05, 4.69) is 38.1 Å². The number of anilines is 3. The Morgan fingerprint density at radius 1 is 1.02 bits per heavy atom. The van der Waals surface area contributed by atoms with E-state index >= 15 is 0 Å². The van der Waals surface area contributed by atoms with Crippen LogP contribution in [0.4, 0.5) is 17.2 Å².